The van der Waals surface area contributed by atoms with Crippen molar-refractivity contribution in [1.82, 2.24) is 0 Å². The molecule has 0 rings (SSSR count). The lowest BCUT2D eigenvalue weighted by Crippen LogP contribution is -2.27. The maximum Gasteiger partial charge on any atom is 0.183 e. The van der Waals surface area contributed by atoms with E-state index in [9.17, 15) is 0 Å². The molecule has 0 aromatic carbocycles. The molecule has 176 valence electrons. The fourth-order valence-corrected chi connectivity index (χ4v) is 2.89. The molecule has 0 aromatic heterocycles. The Morgan fingerprint density at radius 3 is 0.897 bits per heavy atom. The van der Waals surface area contributed by atoms with Crippen LogP contribution in [0.5, 0.6) is 0 Å². The Morgan fingerprint density at radius 2 is 0.655 bits per heavy atom. The van der Waals surface area contributed by atoms with Gasteiger partial charge in [0.15, 0.2) is 8.32 Å². The normalized spacial score (nSPS) is 12.0. The molecule has 0 N–H and O–H groups in total. The quantitative estimate of drug-likeness (QED) is 0.0783. The van der Waals surface area contributed by atoms with Gasteiger partial charge < -0.3 is 37.6 Å². The molecule has 0 saturated heterocycles. The Hall–Kier alpha value is 0.627. The summed E-state index contributed by atoms with van der Waals surface area (Å²) in [7, 11) is -1.43. The van der Waals surface area contributed by atoms with Gasteiger partial charge in [0.1, 0.15) is 0 Å². The van der Waals surface area contributed by atoms with Gasteiger partial charge >= 0.3 is 0 Å². The molecule has 0 bridgehead atoms. The average molecular weight is 553 g/mol. The Balaban J connectivity index is 3.02. The van der Waals surface area contributed by atoms with Crippen molar-refractivity contribution in [2.75, 3.05) is 104 Å². The van der Waals surface area contributed by atoms with E-state index in [4.69, 9.17) is 37.6 Å². The van der Waals surface area contributed by atoms with Crippen molar-refractivity contribution >= 4 is 30.9 Å². The molecule has 0 unspecified atom stereocenters. The predicted octanol–water partition coefficient (Wildman–Crippen LogP) is 2.39. The first-order valence-corrected chi connectivity index (χ1v) is 15.2. The first kappa shape index (κ1) is 29.6. The second-order valence-corrected chi connectivity index (χ2v) is 12.5. The van der Waals surface area contributed by atoms with Crippen molar-refractivity contribution in [3.05, 3.63) is 0 Å². The molecule has 0 amide bonds. The highest BCUT2D eigenvalue weighted by Gasteiger charge is 2.12. The summed E-state index contributed by atoms with van der Waals surface area (Å²) >= 11 is 2.28. The molecule has 0 fully saturated rings. The van der Waals surface area contributed by atoms with Crippen LogP contribution >= 0.6 is 22.6 Å². The molecular weight excluding hydrogens is 511 g/mol. The number of alkyl halides is 1. The summed E-state index contributed by atoms with van der Waals surface area (Å²) in [6, 6.07) is 0. The first-order valence-electron chi connectivity index (χ1n) is 10.3. The zero-order valence-corrected chi connectivity index (χ0v) is 21.6. The second kappa shape index (κ2) is 23.3. The highest BCUT2D eigenvalue weighted by atomic mass is 127. The number of halogens is 1. The van der Waals surface area contributed by atoms with Crippen molar-refractivity contribution in [3.63, 3.8) is 0 Å². The smallest absolute Gasteiger partial charge is 0.183 e. The monoisotopic (exact) mass is 552 g/mol. The Kier molecular flexibility index (Phi) is 23.8. The van der Waals surface area contributed by atoms with E-state index in [2.05, 4.69) is 42.2 Å². The van der Waals surface area contributed by atoms with Gasteiger partial charge in [-0.05, 0) is 19.6 Å². The molecule has 0 saturated carbocycles. The van der Waals surface area contributed by atoms with E-state index in [1.54, 1.807) is 0 Å². The van der Waals surface area contributed by atoms with E-state index in [-0.39, 0.29) is 0 Å². The van der Waals surface area contributed by atoms with Crippen LogP contribution in [0.4, 0.5) is 0 Å². The zero-order chi connectivity index (χ0) is 21.5. The Labute approximate surface area is 191 Å². The first-order chi connectivity index (χ1) is 14.1. The van der Waals surface area contributed by atoms with E-state index in [1.807, 2.05) is 0 Å². The molecule has 0 radical (unpaired) electrons. The van der Waals surface area contributed by atoms with Crippen LogP contribution in [0.15, 0.2) is 0 Å². The highest BCUT2D eigenvalue weighted by Crippen LogP contribution is 2.01. The number of rotatable bonds is 24. The number of hydrogen-bond acceptors (Lipinski definition) is 8. The summed E-state index contributed by atoms with van der Waals surface area (Å²) in [6.07, 6.45) is 0. The summed E-state index contributed by atoms with van der Waals surface area (Å²) in [5.74, 6) is 0. The van der Waals surface area contributed by atoms with Crippen molar-refractivity contribution < 1.29 is 37.6 Å². The third-order valence-electron chi connectivity index (χ3n) is 3.22. The maximum absolute atomic E-state index is 5.70. The van der Waals surface area contributed by atoms with E-state index >= 15 is 0 Å². The van der Waals surface area contributed by atoms with Crippen LogP contribution in [0.2, 0.25) is 19.6 Å². The maximum atomic E-state index is 5.70. The predicted molar refractivity (Wildman–Crippen MR) is 124 cm³/mol. The largest absolute Gasteiger partial charge is 0.415 e. The van der Waals surface area contributed by atoms with Gasteiger partial charge in [-0.15, -0.1) is 0 Å². The lowest BCUT2D eigenvalue weighted by Gasteiger charge is -2.16. The SMILES string of the molecule is C[Si](C)(C)OCCOCCOCCOCCOCCOCCOCCOCCI. The molecule has 8 nitrogen and oxygen atoms in total. The summed E-state index contributed by atoms with van der Waals surface area (Å²) in [4.78, 5) is 0. The van der Waals surface area contributed by atoms with Crippen LogP contribution in [0.25, 0.3) is 0 Å². The molecule has 0 heterocycles. The molecule has 0 aromatic rings. The van der Waals surface area contributed by atoms with Crippen molar-refractivity contribution in [3.8, 4) is 0 Å². The van der Waals surface area contributed by atoms with E-state index in [0.717, 1.165) is 11.0 Å². The van der Waals surface area contributed by atoms with Gasteiger partial charge in [0.2, 0.25) is 0 Å². The van der Waals surface area contributed by atoms with Crippen LogP contribution in [0, 0.1) is 0 Å². The van der Waals surface area contributed by atoms with Crippen LogP contribution in [-0.4, -0.2) is 112 Å². The van der Waals surface area contributed by atoms with Gasteiger partial charge in [-0.1, -0.05) is 22.6 Å². The summed E-state index contributed by atoms with van der Waals surface area (Å²) in [5, 5.41) is 0. The molecule has 0 aliphatic rings. The number of hydrogen-bond donors (Lipinski definition) is 0. The fourth-order valence-electron chi connectivity index (χ4n) is 1.88. The Morgan fingerprint density at radius 1 is 0.414 bits per heavy atom. The lowest BCUT2D eigenvalue weighted by molar-refractivity contribution is -0.0208. The third kappa shape index (κ3) is 28.6. The minimum atomic E-state index is -1.43. The average Bonchev–Trinajstić information content (AvgIpc) is 2.67. The van der Waals surface area contributed by atoms with Crippen LogP contribution in [0.3, 0.4) is 0 Å². The van der Waals surface area contributed by atoms with Gasteiger partial charge in [-0.25, -0.2) is 0 Å². The van der Waals surface area contributed by atoms with Gasteiger partial charge in [0.25, 0.3) is 0 Å². The van der Waals surface area contributed by atoms with Gasteiger partial charge in [0.05, 0.1) is 99.1 Å². The molecular formula is C19H41IO8Si. The lowest BCUT2D eigenvalue weighted by atomic mass is 10.6. The molecule has 0 aliphatic heterocycles. The molecule has 0 aliphatic carbocycles. The van der Waals surface area contributed by atoms with Crippen LogP contribution in [-0.2, 0) is 37.6 Å². The van der Waals surface area contributed by atoms with Crippen molar-refractivity contribution in [2.24, 2.45) is 0 Å². The van der Waals surface area contributed by atoms with Crippen LogP contribution < -0.4 is 0 Å². The van der Waals surface area contributed by atoms with Gasteiger partial charge in [-0.2, -0.15) is 0 Å². The van der Waals surface area contributed by atoms with Gasteiger partial charge in [-0.3, -0.25) is 0 Å². The van der Waals surface area contributed by atoms with Crippen molar-refractivity contribution in [1.29, 1.82) is 0 Å². The fraction of sp³-hybridized carbons (Fsp3) is 1.00. The standard InChI is InChI=1S/C19H41IO8Si/c1-29(2,3)28-19-18-27-17-16-26-15-14-25-13-12-24-11-10-23-9-8-22-7-6-21-5-4-20/h4-19H2,1-3H3. The van der Waals surface area contributed by atoms with E-state index < -0.39 is 8.32 Å². The molecule has 0 atom stereocenters. The topological polar surface area (TPSA) is 73.8 Å². The van der Waals surface area contributed by atoms with E-state index in [0.29, 0.717) is 92.5 Å². The Bertz CT molecular complexity index is 321. The van der Waals surface area contributed by atoms with Gasteiger partial charge in [0, 0.05) is 4.43 Å². The molecule has 10 heteroatoms. The molecule has 29 heavy (non-hydrogen) atoms. The highest BCUT2D eigenvalue weighted by molar-refractivity contribution is 14.1. The zero-order valence-electron chi connectivity index (χ0n) is 18.5. The van der Waals surface area contributed by atoms with Crippen LogP contribution in [0.1, 0.15) is 0 Å². The second-order valence-electron chi connectivity index (χ2n) is 6.94. The van der Waals surface area contributed by atoms with E-state index in [1.165, 1.54) is 0 Å². The third-order valence-corrected chi connectivity index (χ3v) is 4.73. The summed E-state index contributed by atoms with van der Waals surface area (Å²) < 4.78 is 44.6. The van der Waals surface area contributed by atoms with Crippen molar-refractivity contribution in [2.45, 2.75) is 19.6 Å². The summed E-state index contributed by atoms with van der Waals surface area (Å²) in [6.45, 7) is 15.4. The minimum Gasteiger partial charge on any atom is -0.415 e. The minimum absolute atomic E-state index is 0.550. The number of ether oxygens (including phenoxy) is 7. The summed E-state index contributed by atoms with van der Waals surface area (Å²) in [5.41, 5.74) is 0. The molecule has 0 spiro atoms.